The molecule has 0 aromatic heterocycles. The van der Waals surface area contributed by atoms with Crippen molar-refractivity contribution in [2.75, 3.05) is 24.6 Å². The lowest BCUT2D eigenvalue weighted by atomic mass is 10.2. The Morgan fingerprint density at radius 3 is 2.42 bits per heavy atom. The monoisotopic (exact) mass is 353 g/mol. The van der Waals surface area contributed by atoms with E-state index < -0.39 is 0 Å². The zero-order valence-electron chi connectivity index (χ0n) is 14.5. The largest absolute Gasteiger partial charge is 0.395 e. The molecule has 26 heavy (non-hydrogen) atoms. The zero-order valence-corrected chi connectivity index (χ0v) is 14.5. The van der Waals surface area contributed by atoms with Crippen LogP contribution in [0.25, 0.3) is 0 Å². The van der Waals surface area contributed by atoms with Crippen molar-refractivity contribution in [3.8, 4) is 0 Å². The molecule has 3 amide bonds. The SMILES string of the molecule is O=C(N[C@@H]1CC(=O)N(c2ccccc2)C1)N(CCO)Cc1ccccc1. The minimum atomic E-state index is -0.268. The van der Waals surface area contributed by atoms with Gasteiger partial charge < -0.3 is 20.2 Å². The highest BCUT2D eigenvalue weighted by molar-refractivity contribution is 5.96. The molecular formula is C20H23N3O3. The number of amides is 3. The number of rotatable bonds is 6. The molecule has 1 atom stereocenters. The van der Waals surface area contributed by atoms with Crippen molar-refractivity contribution >= 4 is 17.6 Å². The fourth-order valence-corrected chi connectivity index (χ4v) is 3.10. The Hall–Kier alpha value is -2.86. The van der Waals surface area contributed by atoms with E-state index in [0.717, 1.165) is 11.3 Å². The molecule has 2 aromatic rings. The van der Waals surface area contributed by atoms with Crippen LogP contribution in [0.3, 0.4) is 0 Å². The van der Waals surface area contributed by atoms with Crippen molar-refractivity contribution in [3.05, 3.63) is 66.2 Å². The molecule has 1 fully saturated rings. The normalized spacial score (nSPS) is 16.6. The maximum atomic E-state index is 12.6. The predicted octanol–water partition coefficient (Wildman–Crippen LogP) is 2.00. The molecule has 1 heterocycles. The molecule has 1 aliphatic heterocycles. The number of benzene rings is 2. The summed E-state index contributed by atoms with van der Waals surface area (Å²) < 4.78 is 0. The third-order valence-corrected chi connectivity index (χ3v) is 4.39. The topological polar surface area (TPSA) is 72.9 Å². The van der Waals surface area contributed by atoms with E-state index in [4.69, 9.17) is 0 Å². The van der Waals surface area contributed by atoms with Gasteiger partial charge >= 0.3 is 6.03 Å². The number of hydrogen-bond acceptors (Lipinski definition) is 3. The number of nitrogens with zero attached hydrogens (tertiary/aromatic N) is 2. The van der Waals surface area contributed by atoms with Crippen LogP contribution >= 0.6 is 0 Å². The summed E-state index contributed by atoms with van der Waals surface area (Å²) in [7, 11) is 0. The van der Waals surface area contributed by atoms with Crippen LogP contribution in [0, 0.1) is 0 Å². The number of aliphatic hydroxyl groups excluding tert-OH is 1. The lowest BCUT2D eigenvalue weighted by Gasteiger charge is -2.24. The lowest BCUT2D eigenvalue weighted by molar-refractivity contribution is -0.117. The number of nitrogens with one attached hydrogen (secondary N) is 1. The average molecular weight is 353 g/mol. The van der Waals surface area contributed by atoms with Crippen molar-refractivity contribution in [1.29, 1.82) is 0 Å². The first-order valence-corrected chi connectivity index (χ1v) is 8.73. The summed E-state index contributed by atoms with van der Waals surface area (Å²) in [6, 6.07) is 18.6. The quantitative estimate of drug-likeness (QED) is 0.834. The van der Waals surface area contributed by atoms with Gasteiger partial charge in [0.15, 0.2) is 0 Å². The standard InChI is InChI=1S/C20H23N3O3/c24-12-11-22(14-16-7-3-1-4-8-16)20(26)21-17-13-19(25)23(15-17)18-9-5-2-6-10-18/h1-10,17,24H,11-15H2,(H,21,26)/t17-/m1/s1. The summed E-state index contributed by atoms with van der Waals surface area (Å²) in [5.41, 5.74) is 1.83. The smallest absolute Gasteiger partial charge is 0.318 e. The molecule has 0 saturated carbocycles. The van der Waals surface area contributed by atoms with Gasteiger partial charge in [0.1, 0.15) is 0 Å². The minimum absolute atomic E-state index is 0.00160. The van der Waals surface area contributed by atoms with Crippen LogP contribution in [0.15, 0.2) is 60.7 Å². The fraction of sp³-hybridized carbons (Fsp3) is 0.300. The fourth-order valence-electron chi connectivity index (χ4n) is 3.10. The highest BCUT2D eigenvalue weighted by atomic mass is 16.3. The number of carbonyl (C=O) groups is 2. The molecule has 2 N–H and O–H groups in total. The second kappa shape index (κ2) is 8.49. The van der Waals surface area contributed by atoms with E-state index in [9.17, 15) is 14.7 Å². The molecule has 2 aromatic carbocycles. The van der Waals surface area contributed by atoms with Crippen LogP contribution in [0.4, 0.5) is 10.5 Å². The third kappa shape index (κ3) is 4.40. The second-order valence-electron chi connectivity index (χ2n) is 6.32. The van der Waals surface area contributed by atoms with E-state index in [-0.39, 0.29) is 37.6 Å². The van der Waals surface area contributed by atoms with Gasteiger partial charge in [0, 0.05) is 31.7 Å². The number of anilines is 1. The molecule has 6 nitrogen and oxygen atoms in total. The molecule has 0 bridgehead atoms. The number of para-hydroxylation sites is 1. The van der Waals surface area contributed by atoms with Gasteiger partial charge in [0.25, 0.3) is 0 Å². The van der Waals surface area contributed by atoms with Gasteiger partial charge in [-0.2, -0.15) is 0 Å². The van der Waals surface area contributed by atoms with Gasteiger partial charge in [-0.05, 0) is 17.7 Å². The van der Waals surface area contributed by atoms with Crippen molar-refractivity contribution in [3.63, 3.8) is 0 Å². The molecule has 0 aliphatic carbocycles. The van der Waals surface area contributed by atoms with Crippen LogP contribution in [-0.2, 0) is 11.3 Å². The van der Waals surface area contributed by atoms with Crippen molar-refractivity contribution < 1.29 is 14.7 Å². The molecule has 6 heteroatoms. The van der Waals surface area contributed by atoms with Gasteiger partial charge in [0.05, 0.1) is 12.6 Å². The predicted molar refractivity (Wildman–Crippen MR) is 99.7 cm³/mol. The summed E-state index contributed by atoms with van der Waals surface area (Å²) in [6.07, 6.45) is 0.277. The van der Waals surface area contributed by atoms with Gasteiger partial charge in [-0.1, -0.05) is 48.5 Å². The van der Waals surface area contributed by atoms with Gasteiger partial charge in [-0.15, -0.1) is 0 Å². The minimum Gasteiger partial charge on any atom is -0.395 e. The maximum absolute atomic E-state index is 12.6. The Kier molecular flexibility index (Phi) is 5.86. The van der Waals surface area contributed by atoms with Gasteiger partial charge in [0.2, 0.25) is 5.91 Å². The van der Waals surface area contributed by atoms with Gasteiger partial charge in [-0.3, -0.25) is 4.79 Å². The Morgan fingerprint density at radius 2 is 1.77 bits per heavy atom. The molecule has 0 radical (unpaired) electrons. The van der Waals surface area contributed by atoms with E-state index in [2.05, 4.69) is 5.32 Å². The number of carbonyl (C=O) groups excluding carboxylic acids is 2. The second-order valence-corrected chi connectivity index (χ2v) is 6.32. The first kappa shape index (κ1) is 17.9. The van der Waals surface area contributed by atoms with Crippen molar-refractivity contribution in [2.45, 2.75) is 19.0 Å². The Morgan fingerprint density at radius 1 is 1.12 bits per heavy atom. The summed E-state index contributed by atoms with van der Waals surface area (Å²) in [5.74, 6) is -0.00160. The molecule has 0 unspecified atom stereocenters. The molecular weight excluding hydrogens is 330 g/mol. The van der Waals surface area contributed by atoms with E-state index >= 15 is 0 Å². The Labute approximate surface area is 153 Å². The van der Waals surface area contributed by atoms with Crippen LogP contribution < -0.4 is 10.2 Å². The Balaban J connectivity index is 1.61. The number of urea groups is 1. The Bertz CT molecular complexity index is 736. The third-order valence-electron chi connectivity index (χ3n) is 4.39. The molecule has 136 valence electrons. The van der Waals surface area contributed by atoms with Crippen molar-refractivity contribution in [2.24, 2.45) is 0 Å². The summed E-state index contributed by atoms with van der Waals surface area (Å²) in [5, 5.41) is 12.2. The molecule has 3 rings (SSSR count). The summed E-state index contributed by atoms with van der Waals surface area (Å²) in [4.78, 5) is 28.1. The molecule has 1 aliphatic rings. The van der Waals surface area contributed by atoms with E-state index in [0.29, 0.717) is 13.1 Å². The first-order chi connectivity index (χ1) is 12.7. The van der Waals surface area contributed by atoms with Crippen LogP contribution in [-0.4, -0.2) is 47.7 Å². The summed E-state index contributed by atoms with van der Waals surface area (Å²) >= 11 is 0. The van der Waals surface area contributed by atoms with E-state index in [1.54, 1.807) is 9.80 Å². The highest BCUT2D eigenvalue weighted by Gasteiger charge is 2.32. The molecule has 0 spiro atoms. The molecule has 1 saturated heterocycles. The lowest BCUT2D eigenvalue weighted by Crippen LogP contribution is -2.46. The van der Waals surface area contributed by atoms with Crippen molar-refractivity contribution in [1.82, 2.24) is 10.2 Å². The number of hydrogen-bond donors (Lipinski definition) is 2. The van der Waals surface area contributed by atoms with Gasteiger partial charge in [-0.25, -0.2) is 4.79 Å². The van der Waals surface area contributed by atoms with Crippen LogP contribution in [0.2, 0.25) is 0 Å². The number of aliphatic hydroxyl groups is 1. The average Bonchev–Trinajstić information content (AvgIpc) is 3.03. The van der Waals surface area contributed by atoms with E-state index in [1.165, 1.54) is 0 Å². The zero-order chi connectivity index (χ0) is 18.4. The van der Waals surface area contributed by atoms with Crippen LogP contribution in [0.1, 0.15) is 12.0 Å². The highest BCUT2D eigenvalue weighted by Crippen LogP contribution is 2.21. The van der Waals surface area contributed by atoms with Crippen LogP contribution in [0.5, 0.6) is 0 Å². The first-order valence-electron chi connectivity index (χ1n) is 8.73. The summed E-state index contributed by atoms with van der Waals surface area (Å²) in [6.45, 7) is 0.993. The maximum Gasteiger partial charge on any atom is 0.318 e. The van der Waals surface area contributed by atoms with E-state index in [1.807, 2.05) is 60.7 Å².